The molecule has 16 heavy (non-hydrogen) atoms. The lowest BCUT2D eigenvalue weighted by Crippen LogP contribution is -2.14. The largest absolute Gasteiger partial charge is 0.481 e. The van der Waals surface area contributed by atoms with Crippen molar-refractivity contribution in [3.8, 4) is 5.75 Å². The molecule has 0 saturated carbocycles. The predicted octanol–water partition coefficient (Wildman–Crippen LogP) is 1.05. The molecule has 0 heterocycles. The van der Waals surface area contributed by atoms with E-state index in [0.717, 1.165) is 23.3 Å². The molecule has 0 aliphatic rings. The van der Waals surface area contributed by atoms with Gasteiger partial charge in [-0.1, -0.05) is 18.2 Å². The summed E-state index contributed by atoms with van der Waals surface area (Å²) in [7, 11) is 1.34. The third-order valence-corrected chi connectivity index (χ3v) is 2.27. The van der Waals surface area contributed by atoms with Crippen LogP contribution in [0, 0.1) is 6.92 Å². The first-order valence-electron chi connectivity index (χ1n) is 5.17. The number of carbonyl (C=O) groups excluding carboxylic acids is 1. The first kappa shape index (κ1) is 12.5. The van der Waals surface area contributed by atoms with Crippen LogP contribution in [0.3, 0.4) is 0 Å². The number of hydrogen-bond acceptors (Lipinski definition) is 4. The van der Waals surface area contributed by atoms with Crippen molar-refractivity contribution >= 4 is 5.97 Å². The zero-order valence-corrected chi connectivity index (χ0v) is 9.66. The number of hydrogen-bond donors (Lipinski definition) is 1. The van der Waals surface area contributed by atoms with Gasteiger partial charge in [0.1, 0.15) is 5.75 Å². The number of methoxy groups -OCH3 is 1. The molecule has 88 valence electrons. The summed E-state index contributed by atoms with van der Waals surface area (Å²) in [5.74, 6) is 0.348. The lowest BCUT2D eigenvalue weighted by atomic mass is 10.1. The Morgan fingerprint density at radius 3 is 2.81 bits per heavy atom. The van der Waals surface area contributed by atoms with Crippen molar-refractivity contribution in [3.05, 3.63) is 29.3 Å². The van der Waals surface area contributed by atoms with E-state index >= 15 is 0 Å². The lowest BCUT2D eigenvalue weighted by molar-refractivity contribution is -0.142. The van der Waals surface area contributed by atoms with E-state index in [-0.39, 0.29) is 12.6 Å². The van der Waals surface area contributed by atoms with E-state index in [1.807, 2.05) is 25.1 Å². The highest BCUT2D eigenvalue weighted by atomic mass is 16.6. The molecule has 0 unspecified atom stereocenters. The minimum Gasteiger partial charge on any atom is -0.481 e. The normalized spacial score (nSPS) is 9.94. The van der Waals surface area contributed by atoms with Crippen LogP contribution < -0.4 is 10.5 Å². The maximum absolute atomic E-state index is 11.0. The average molecular weight is 223 g/mol. The van der Waals surface area contributed by atoms with E-state index < -0.39 is 0 Å². The Bertz CT molecular complexity index is 363. The number of esters is 1. The van der Waals surface area contributed by atoms with Crippen LogP contribution >= 0.6 is 0 Å². The second kappa shape index (κ2) is 6.12. The van der Waals surface area contributed by atoms with Crippen LogP contribution in [-0.4, -0.2) is 26.2 Å². The number of aryl methyl sites for hydroxylation is 1. The van der Waals surface area contributed by atoms with Gasteiger partial charge in [-0.3, -0.25) is 0 Å². The third kappa shape index (κ3) is 3.24. The zero-order valence-electron chi connectivity index (χ0n) is 9.66. The maximum Gasteiger partial charge on any atom is 0.343 e. The molecule has 0 radical (unpaired) electrons. The fraction of sp³-hybridized carbons (Fsp3) is 0.417. The van der Waals surface area contributed by atoms with Gasteiger partial charge < -0.3 is 15.2 Å². The molecule has 0 atom stereocenters. The number of rotatable bonds is 5. The summed E-state index contributed by atoms with van der Waals surface area (Å²) in [5, 5.41) is 0. The Morgan fingerprint density at radius 1 is 1.44 bits per heavy atom. The molecule has 0 amide bonds. The Morgan fingerprint density at radius 2 is 2.19 bits per heavy atom. The summed E-state index contributed by atoms with van der Waals surface area (Å²) < 4.78 is 9.97. The summed E-state index contributed by atoms with van der Waals surface area (Å²) in [4.78, 5) is 11.0. The SMILES string of the molecule is COC(=O)COc1c(C)cccc1CCN. The zero-order chi connectivity index (χ0) is 12.0. The summed E-state index contributed by atoms with van der Waals surface area (Å²) in [6.07, 6.45) is 0.734. The minimum absolute atomic E-state index is 0.0705. The molecule has 4 nitrogen and oxygen atoms in total. The smallest absolute Gasteiger partial charge is 0.343 e. The maximum atomic E-state index is 11.0. The molecular weight excluding hydrogens is 206 g/mol. The van der Waals surface area contributed by atoms with Gasteiger partial charge in [-0.15, -0.1) is 0 Å². The van der Waals surface area contributed by atoms with Gasteiger partial charge >= 0.3 is 5.97 Å². The summed E-state index contributed by atoms with van der Waals surface area (Å²) in [6, 6.07) is 5.84. The van der Waals surface area contributed by atoms with E-state index in [9.17, 15) is 4.79 Å². The molecule has 0 spiro atoms. The molecule has 1 rings (SSSR count). The number of ether oxygens (including phenoxy) is 2. The minimum atomic E-state index is -0.387. The van der Waals surface area contributed by atoms with Gasteiger partial charge in [-0.2, -0.15) is 0 Å². The highest BCUT2D eigenvalue weighted by molar-refractivity contribution is 5.71. The Balaban J connectivity index is 2.79. The van der Waals surface area contributed by atoms with Crippen LogP contribution in [0.1, 0.15) is 11.1 Å². The predicted molar refractivity (Wildman–Crippen MR) is 61.4 cm³/mol. The van der Waals surface area contributed by atoms with E-state index in [2.05, 4.69) is 4.74 Å². The first-order valence-corrected chi connectivity index (χ1v) is 5.17. The van der Waals surface area contributed by atoms with Crippen LogP contribution in [0.25, 0.3) is 0 Å². The van der Waals surface area contributed by atoms with E-state index in [0.29, 0.717) is 6.54 Å². The van der Waals surface area contributed by atoms with Crippen molar-refractivity contribution in [1.29, 1.82) is 0 Å². The van der Waals surface area contributed by atoms with Crippen molar-refractivity contribution in [2.45, 2.75) is 13.3 Å². The van der Waals surface area contributed by atoms with Crippen LogP contribution in [-0.2, 0) is 16.0 Å². The standard InChI is InChI=1S/C12H17NO3/c1-9-4-3-5-10(6-7-13)12(9)16-8-11(14)15-2/h3-5H,6-8,13H2,1-2H3. The Hall–Kier alpha value is -1.55. The van der Waals surface area contributed by atoms with E-state index in [1.165, 1.54) is 7.11 Å². The highest BCUT2D eigenvalue weighted by Gasteiger charge is 2.08. The number of para-hydroxylation sites is 1. The second-order valence-electron chi connectivity index (χ2n) is 3.47. The van der Waals surface area contributed by atoms with Crippen molar-refractivity contribution < 1.29 is 14.3 Å². The molecule has 0 bridgehead atoms. The van der Waals surface area contributed by atoms with Crippen molar-refractivity contribution in [1.82, 2.24) is 0 Å². The van der Waals surface area contributed by atoms with Crippen molar-refractivity contribution in [2.75, 3.05) is 20.3 Å². The molecule has 0 aromatic heterocycles. The highest BCUT2D eigenvalue weighted by Crippen LogP contribution is 2.23. The number of nitrogens with two attached hydrogens (primary N) is 1. The second-order valence-corrected chi connectivity index (χ2v) is 3.47. The van der Waals surface area contributed by atoms with Crippen LogP contribution in [0.4, 0.5) is 0 Å². The fourth-order valence-electron chi connectivity index (χ4n) is 1.46. The Labute approximate surface area is 95.3 Å². The van der Waals surface area contributed by atoms with Gasteiger partial charge in [0, 0.05) is 0 Å². The summed E-state index contributed by atoms with van der Waals surface area (Å²) >= 11 is 0. The lowest BCUT2D eigenvalue weighted by Gasteiger charge is -2.12. The third-order valence-electron chi connectivity index (χ3n) is 2.27. The number of benzene rings is 1. The molecule has 1 aromatic carbocycles. The van der Waals surface area contributed by atoms with Crippen LogP contribution in [0.15, 0.2) is 18.2 Å². The van der Waals surface area contributed by atoms with Crippen LogP contribution in [0.2, 0.25) is 0 Å². The molecule has 0 aliphatic heterocycles. The molecule has 2 N–H and O–H groups in total. The molecule has 0 aliphatic carbocycles. The molecule has 1 aromatic rings. The van der Waals surface area contributed by atoms with Gasteiger partial charge in [0.15, 0.2) is 6.61 Å². The summed E-state index contributed by atoms with van der Waals surface area (Å²) in [5.41, 5.74) is 7.53. The number of carbonyl (C=O) groups is 1. The molecule has 4 heteroatoms. The van der Waals surface area contributed by atoms with Gasteiger partial charge in [0.25, 0.3) is 0 Å². The van der Waals surface area contributed by atoms with Gasteiger partial charge in [0.05, 0.1) is 7.11 Å². The molecule has 0 fully saturated rings. The van der Waals surface area contributed by atoms with E-state index in [1.54, 1.807) is 0 Å². The van der Waals surface area contributed by atoms with Gasteiger partial charge in [-0.25, -0.2) is 4.79 Å². The topological polar surface area (TPSA) is 61.5 Å². The summed E-state index contributed by atoms with van der Waals surface area (Å²) in [6.45, 7) is 2.42. The fourth-order valence-corrected chi connectivity index (χ4v) is 1.46. The Kier molecular flexibility index (Phi) is 4.79. The first-order chi connectivity index (χ1) is 7.69. The quantitative estimate of drug-likeness (QED) is 0.758. The monoisotopic (exact) mass is 223 g/mol. The molecule has 0 saturated heterocycles. The van der Waals surface area contributed by atoms with Gasteiger partial charge in [-0.05, 0) is 31.0 Å². The van der Waals surface area contributed by atoms with Gasteiger partial charge in [0.2, 0.25) is 0 Å². The average Bonchev–Trinajstić information content (AvgIpc) is 2.28. The van der Waals surface area contributed by atoms with Crippen molar-refractivity contribution in [3.63, 3.8) is 0 Å². The van der Waals surface area contributed by atoms with Crippen LogP contribution in [0.5, 0.6) is 5.75 Å². The van der Waals surface area contributed by atoms with Crippen molar-refractivity contribution in [2.24, 2.45) is 5.73 Å². The van der Waals surface area contributed by atoms with E-state index in [4.69, 9.17) is 10.5 Å². The molecular formula is C12H17NO3.